The van der Waals surface area contributed by atoms with Gasteiger partial charge in [0.2, 0.25) is 0 Å². The first kappa shape index (κ1) is 14.5. The molecule has 17 heavy (non-hydrogen) atoms. The van der Waals surface area contributed by atoms with Gasteiger partial charge >= 0.3 is 0 Å². The Hall–Kier alpha value is -0.600. The van der Waals surface area contributed by atoms with Gasteiger partial charge in [-0.2, -0.15) is 0 Å². The molecule has 0 heterocycles. The fourth-order valence-corrected chi connectivity index (χ4v) is 2.44. The van der Waals surface area contributed by atoms with E-state index in [-0.39, 0.29) is 11.9 Å². The van der Waals surface area contributed by atoms with Crippen LogP contribution >= 0.6 is 11.6 Å². The molecular weight excluding hydrogens is 237 g/mol. The summed E-state index contributed by atoms with van der Waals surface area (Å²) in [5.74, 6) is 0.259. The van der Waals surface area contributed by atoms with Crippen LogP contribution in [-0.4, -0.2) is 6.54 Å². The van der Waals surface area contributed by atoms with Crippen molar-refractivity contribution in [3.63, 3.8) is 0 Å². The van der Waals surface area contributed by atoms with Gasteiger partial charge in [0.1, 0.15) is 5.82 Å². The van der Waals surface area contributed by atoms with Gasteiger partial charge in [-0.1, -0.05) is 45.2 Å². The molecular formula is C14H21ClFN. The lowest BCUT2D eigenvalue weighted by Gasteiger charge is -2.27. The van der Waals surface area contributed by atoms with Crippen LogP contribution in [0.15, 0.2) is 18.2 Å². The lowest BCUT2D eigenvalue weighted by Crippen LogP contribution is -2.28. The Balaban J connectivity index is 3.07. The standard InChI is InChI=1S/C14H21ClFN/c1-4-10(5-2)14(17-6-3)12-9-11(15)7-8-13(12)16/h7-10,14,17H,4-6H2,1-3H3. The van der Waals surface area contributed by atoms with Crippen LogP contribution in [0.3, 0.4) is 0 Å². The predicted molar refractivity (Wildman–Crippen MR) is 71.9 cm³/mol. The van der Waals surface area contributed by atoms with Crippen molar-refractivity contribution in [2.45, 2.75) is 39.7 Å². The van der Waals surface area contributed by atoms with Crippen LogP contribution in [0.4, 0.5) is 4.39 Å². The zero-order chi connectivity index (χ0) is 12.8. The Morgan fingerprint density at radius 2 is 1.88 bits per heavy atom. The van der Waals surface area contributed by atoms with Gasteiger partial charge in [-0.3, -0.25) is 0 Å². The lowest BCUT2D eigenvalue weighted by molar-refractivity contribution is 0.337. The van der Waals surface area contributed by atoms with Crippen LogP contribution in [0, 0.1) is 11.7 Å². The molecule has 1 unspecified atom stereocenters. The molecule has 0 aliphatic rings. The molecule has 1 aromatic rings. The Labute approximate surface area is 108 Å². The van der Waals surface area contributed by atoms with Crippen LogP contribution in [0.5, 0.6) is 0 Å². The second-order valence-electron chi connectivity index (χ2n) is 4.28. The zero-order valence-electron chi connectivity index (χ0n) is 10.8. The first-order valence-electron chi connectivity index (χ1n) is 6.32. The van der Waals surface area contributed by atoms with E-state index in [0.717, 1.165) is 19.4 Å². The van der Waals surface area contributed by atoms with Gasteiger partial charge in [-0.25, -0.2) is 4.39 Å². The van der Waals surface area contributed by atoms with Crippen molar-refractivity contribution < 1.29 is 4.39 Å². The molecule has 0 aliphatic heterocycles. The summed E-state index contributed by atoms with van der Waals surface area (Å²) in [4.78, 5) is 0. The largest absolute Gasteiger partial charge is 0.310 e. The summed E-state index contributed by atoms with van der Waals surface area (Å²) < 4.78 is 13.9. The Kier molecular flexibility index (Phi) is 5.93. The summed E-state index contributed by atoms with van der Waals surface area (Å²) in [6.07, 6.45) is 2.06. The van der Waals surface area contributed by atoms with Crippen LogP contribution in [0.1, 0.15) is 45.2 Å². The topological polar surface area (TPSA) is 12.0 Å². The van der Waals surface area contributed by atoms with Crippen molar-refractivity contribution in [2.75, 3.05) is 6.54 Å². The quantitative estimate of drug-likeness (QED) is 0.787. The minimum absolute atomic E-state index is 0.0497. The van der Waals surface area contributed by atoms with Crippen molar-refractivity contribution in [2.24, 2.45) is 5.92 Å². The van der Waals surface area contributed by atoms with E-state index in [4.69, 9.17) is 11.6 Å². The fourth-order valence-electron chi connectivity index (χ4n) is 2.26. The lowest BCUT2D eigenvalue weighted by atomic mass is 9.88. The van der Waals surface area contributed by atoms with Crippen molar-refractivity contribution in [1.29, 1.82) is 0 Å². The number of hydrogen-bond donors (Lipinski definition) is 1. The average Bonchev–Trinajstić information content (AvgIpc) is 2.33. The van der Waals surface area contributed by atoms with Crippen molar-refractivity contribution in [3.05, 3.63) is 34.6 Å². The molecule has 3 heteroatoms. The maximum Gasteiger partial charge on any atom is 0.128 e. The van der Waals surface area contributed by atoms with Gasteiger partial charge < -0.3 is 5.32 Å². The van der Waals surface area contributed by atoms with Crippen molar-refractivity contribution in [1.82, 2.24) is 5.32 Å². The summed E-state index contributed by atoms with van der Waals surface area (Å²) in [6, 6.07) is 4.83. The third kappa shape index (κ3) is 3.68. The van der Waals surface area contributed by atoms with Crippen molar-refractivity contribution >= 4 is 11.6 Å². The number of hydrogen-bond acceptors (Lipinski definition) is 1. The average molecular weight is 258 g/mol. The third-order valence-electron chi connectivity index (χ3n) is 3.24. The Bertz CT molecular complexity index is 350. The molecule has 1 atom stereocenters. The molecule has 0 bridgehead atoms. The summed E-state index contributed by atoms with van der Waals surface area (Å²) in [5.41, 5.74) is 0.688. The monoisotopic (exact) mass is 257 g/mol. The minimum Gasteiger partial charge on any atom is -0.310 e. The highest BCUT2D eigenvalue weighted by Gasteiger charge is 2.22. The molecule has 0 saturated carbocycles. The van der Waals surface area contributed by atoms with Gasteiger partial charge in [-0.15, -0.1) is 0 Å². The molecule has 0 aliphatic carbocycles. The van der Waals surface area contributed by atoms with E-state index in [1.165, 1.54) is 6.07 Å². The predicted octanol–water partition coefficient (Wildman–Crippen LogP) is 4.57. The molecule has 1 rings (SSSR count). The summed E-state index contributed by atoms with van der Waals surface area (Å²) >= 11 is 5.96. The molecule has 0 spiro atoms. The highest BCUT2D eigenvalue weighted by atomic mass is 35.5. The number of benzene rings is 1. The summed E-state index contributed by atoms with van der Waals surface area (Å²) in [6.45, 7) is 7.15. The molecule has 0 aromatic heterocycles. The van der Waals surface area contributed by atoms with Gasteiger partial charge in [0.05, 0.1) is 0 Å². The first-order valence-corrected chi connectivity index (χ1v) is 6.70. The van der Waals surface area contributed by atoms with E-state index < -0.39 is 0 Å². The van der Waals surface area contributed by atoms with E-state index in [9.17, 15) is 4.39 Å². The van der Waals surface area contributed by atoms with Crippen LogP contribution in [-0.2, 0) is 0 Å². The van der Waals surface area contributed by atoms with E-state index >= 15 is 0 Å². The molecule has 0 saturated heterocycles. The maximum absolute atomic E-state index is 13.9. The highest BCUT2D eigenvalue weighted by molar-refractivity contribution is 6.30. The molecule has 1 nitrogen and oxygen atoms in total. The van der Waals surface area contributed by atoms with Crippen molar-refractivity contribution in [3.8, 4) is 0 Å². The minimum atomic E-state index is -0.174. The van der Waals surface area contributed by atoms with E-state index in [1.54, 1.807) is 12.1 Å². The second kappa shape index (κ2) is 6.97. The smallest absolute Gasteiger partial charge is 0.128 e. The highest BCUT2D eigenvalue weighted by Crippen LogP contribution is 2.30. The van der Waals surface area contributed by atoms with E-state index in [0.29, 0.717) is 16.5 Å². The van der Waals surface area contributed by atoms with Crippen LogP contribution in [0.25, 0.3) is 0 Å². The third-order valence-corrected chi connectivity index (χ3v) is 3.47. The number of nitrogens with one attached hydrogen (secondary N) is 1. The van der Waals surface area contributed by atoms with E-state index in [1.807, 2.05) is 6.92 Å². The Morgan fingerprint density at radius 3 is 2.41 bits per heavy atom. The molecule has 0 amide bonds. The van der Waals surface area contributed by atoms with Gasteiger partial charge in [0.25, 0.3) is 0 Å². The summed E-state index contributed by atoms with van der Waals surface area (Å²) in [7, 11) is 0. The van der Waals surface area contributed by atoms with Crippen LogP contribution < -0.4 is 5.32 Å². The maximum atomic E-state index is 13.9. The summed E-state index contributed by atoms with van der Waals surface area (Å²) in [5, 5.41) is 3.96. The van der Waals surface area contributed by atoms with Gasteiger partial charge in [-0.05, 0) is 30.7 Å². The Morgan fingerprint density at radius 1 is 1.24 bits per heavy atom. The second-order valence-corrected chi connectivity index (χ2v) is 4.71. The van der Waals surface area contributed by atoms with Gasteiger partial charge in [0, 0.05) is 16.6 Å². The molecule has 0 radical (unpaired) electrons. The number of rotatable bonds is 6. The molecule has 0 fully saturated rings. The van der Waals surface area contributed by atoms with Gasteiger partial charge in [0.15, 0.2) is 0 Å². The number of halogens is 2. The molecule has 1 N–H and O–H groups in total. The fraction of sp³-hybridized carbons (Fsp3) is 0.571. The normalized spacial score (nSPS) is 13.1. The van der Waals surface area contributed by atoms with E-state index in [2.05, 4.69) is 19.2 Å². The van der Waals surface area contributed by atoms with Crippen LogP contribution in [0.2, 0.25) is 5.02 Å². The SMILES string of the molecule is CCNC(c1cc(Cl)ccc1F)C(CC)CC. The zero-order valence-corrected chi connectivity index (χ0v) is 11.5. The first-order chi connectivity index (χ1) is 8.13. The molecule has 96 valence electrons. The molecule has 1 aromatic carbocycles.